The van der Waals surface area contributed by atoms with Crippen molar-refractivity contribution in [3.63, 3.8) is 0 Å². The van der Waals surface area contributed by atoms with E-state index in [1.807, 2.05) is 7.11 Å². The van der Waals surface area contributed by atoms with Gasteiger partial charge in [-0.1, -0.05) is 0 Å². The number of methoxy groups -OCH3 is 1. The molecule has 0 aromatic carbocycles. The summed E-state index contributed by atoms with van der Waals surface area (Å²) < 4.78 is 11.3. The molecule has 21 heavy (non-hydrogen) atoms. The predicted molar refractivity (Wildman–Crippen MR) is 86.7 cm³/mol. The molecule has 1 unspecified atom stereocenters. The lowest BCUT2D eigenvalue weighted by Gasteiger charge is -2.44. The predicted octanol–water partition coefficient (Wildman–Crippen LogP) is 2.28. The van der Waals surface area contributed by atoms with E-state index in [9.17, 15) is 0 Å². The Labute approximate surface area is 130 Å². The van der Waals surface area contributed by atoms with Crippen LogP contribution in [-0.4, -0.2) is 63.0 Å². The van der Waals surface area contributed by atoms with Gasteiger partial charge in [0.1, 0.15) is 0 Å². The van der Waals surface area contributed by atoms with Crippen molar-refractivity contribution in [2.75, 3.05) is 46.5 Å². The van der Waals surface area contributed by atoms with Crippen molar-refractivity contribution >= 4 is 0 Å². The van der Waals surface area contributed by atoms with Crippen LogP contribution >= 0.6 is 0 Å². The molecule has 2 aliphatic heterocycles. The fourth-order valence-corrected chi connectivity index (χ4v) is 3.46. The van der Waals surface area contributed by atoms with Crippen molar-refractivity contribution in [1.82, 2.24) is 10.2 Å². The van der Waals surface area contributed by atoms with Crippen LogP contribution in [0.4, 0.5) is 0 Å². The molecule has 1 atom stereocenters. The Hall–Kier alpha value is -0.160. The van der Waals surface area contributed by atoms with Crippen LogP contribution in [0, 0.1) is 5.41 Å². The lowest BCUT2D eigenvalue weighted by atomic mass is 9.80. The summed E-state index contributed by atoms with van der Waals surface area (Å²) in [4.78, 5) is 2.62. The number of nitrogens with zero attached hydrogens (tertiary/aromatic N) is 1. The van der Waals surface area contributed by atoms with Gasteiger partial charge < -0.3 is 19.7 Å². The van der Waals surface area contributed by atoms with Crippen LogP contribution in [0.3, 0.4) is 0 Å². The highest BCUT2D eigenvalue weighted by atomic mass is 16.5. The number of hydrogen-bond donors (Lipinski definition) is 1. The first kappa shape index (κ1) is 17.2. The number of piperidine rings is 1. The minimum absolute atomic E-state index is 0.174. The van der Waals surface area contributed by atoms with Crippen molar-refractivity contribution in [3.8, 4) is 0 Å². The van der Waals surface area contributed by atoms with Crippen LogP contribution in [0.15, 0.2) is 0 Å². The monoisotopic (exact) mass is 298 g/mol. The Bertz CT molecular complexity index is 300. The largest absolute Gasteiger partial charge is 0.381 e. The summed E-state index contributed by atoms with van der Waals surface area (Å²) in [6.07, 6.45) is 5.27. The Morgan fingerprint density at radius 3 is 2.52 bits per heavy atom. The molecule has 124 valence electrons. The van der Waals surface area contributed by atoms with E-state index in [0.717, 1.165) is 39.4 Å². The molecule has 4 nitrogen and oxygen atoms in total. The molecule has 0 radical (unpaired) electrons. The summed E-state index contributed by atoms with van der Waals surface area (Å²) in [6, 6.07) is 0. The van der Waals surface area contributed by atoms with Crippen LogP contribution in [0.1, 0.15) is 46.5 Å². The number of ether oxygens (including phenoxy) is 2. The van der Waals surface area contributed by atoms with E-state index in [0.29, 0.717) is 6.10 Å². The molecule has 0 aliphatic carbocycles. The minimum Gasteiger partial charge on any atom is -0.381 e. The van der Waals surface area contributed by atoms with Crippen LogP contribution in [0.2, 0.25) is 0 Å². The molecule has 0 amide bonds. The average Bonchev–Trinajstić information content (AvgIpc) is 2.46. The van der Waals surface area contributed by atoms with Gasteiger partial charge in [-0.25, -0.2) is 0 Å². The summed E-state index contributed by atoms with van der Waals surface area (Å²) in [5.74, 6) is 0. The second kappa shape index (κ2) is 7.40. The van der Waals surface area contributed by atoms with Crippen molar-refractivity contribution in [2.45, 2.75) is 58.1 Å². The molecule has 2 fully saturated rings. The lowest BCUT2D eigenvalue weighted by molar-refractivity contribution is -0.0404. The molecule has 0 aromatic heterocycles. The third kappa shape index (κ3) is 5.51. The molecular weight excluding hydrogens is 264 g/mol. The Morgan fingerprint density at radius 1 is 1.29 bits per heavy atom. The molecule has 2 rings (SSSR count). The van der Waals surface area contributed by atoms with E-state index in [1.165, 1.54) is 25.7 Å². The molecule has 0 bridgehead atoms. The normalized spacial score (nSPS) is 29.7. The highest BCUT2D eigenvalue weighted by molar-refractivity contribution is 4.90. The zero-order valence-electron chi connectivity index (χ0n) is 14.4. The van der Waals surface area contributed by atoms with Crippen molar-refractivity contribution < 1.29 is 9.47 Å². The van der Waals surface area contributed by atoms with E-state index < -0.39 is 0 Å². The molecule has 0 spiro atoms. The molecule has 0 aromatic rings. The molecule has 0 saturated carbocycles. The van der Waals surface area contributed by atoms with Gasteiger partial charge in [-0.05, 0) is 46.5 Å². The van der Waals surface area contributed by atoms with E-state index >= 15 is 0 Å². The van der Waals surface area contributed by atoms with Gasteiger partial charge in [-0.15, -0.1) is 0 Å². The van der Waals surface area contributed by atoms with Crippen LogP contribution < -0.4 is 5.32 Å². The van der Waals surface area contributed by atoms with Crippen LogP contribution in [0.25, 0.3) is 0 Å². The molecule has 2 saturated heterocycles. The zero-order chi connectivity index (χ0) is 15.3. The molecule has 2 aliphatic rings. The number of nitrogens with one attached hydrogen (secondary N) is 1. The quantitative estimate of drug-likeness (QED) is 0.844. The van der Waals surface area contributed by atoms with Crippen molar-refractivity contribution in [3.05, 3.63) is 0 Å². The van der Waals surface area contributed by atoms with Crippen LogP contribution in [0.5, 0.6) is 0 Å². The third-order valence-corrected chi connectivity index (χ3v) is 4.82. The van der Waals surface area contributed by atoms with Gasteiger partial charge in [0.25, 0.3) is 0 Å². The van der Waals surface area contributed by atoms with Gasteiger partial charge in [0, 0.05) is 50.8 Å². The second-order valence-corrected chi connectivity index (χ2v) is 7.97. The number of likely N-dealkylation sites (tertiary alicyclic amines) is 1. The topological polar surface area (TPSA) is 33.7 Å². The van der Waals surface area contributed by atoms with Crippen LogP contribution in [-0.2, 0) is 9.47 Å². The SMILES string of the molecule is COC1CCN(CC2(CNC(C)(C)C)CCCOC2)CC1. The first-order valence-electron chi connectivity index (χ1n) is 8.50. The minimum atomic E-state index is 0.174. The first-order chi connectivity index (χ1) is 9.92. The second-order valence-electron chi connectivity index (χ2n) is 7.97. The summed E-state index contributed by atoms with van der Waals surface area (Å²) in [7, 11) is 1.84. The van der Waals surface area contributed by atoms with Gasteiger partial charge in [-0.3, -0.25) is 0 Å². The van der Waals surface area contributed by atoms with E-state index in [4.69, 9.17) is 9.47 Å². The molecule has 1 N–H and O–H groups in total. The Kier molecular flexibility index (Phi) is 6.06. The zero-order valence-corrected chi connectivity index (χ0v) is 14.4. The molecule has 4 heteroatoms. The Morgan fingerprint density at radius 2 is 2.00 bits per heavy atom. The maximum Gasteiger partial charge on any atom is 0.0595 e. The highest BCUT2D eigenvalue weighted by Crippen LogP contribution is 2.31. The van der Waals surface area contributed by atoms with Gasteiger partial charge in [0.2, 0.25) is 0 Å². The molecule has 2 heterocycles. The van der Waals surface area contributed by atoms with Crippen molar-refractivity contribution in [1.29, 1.82) is 0 Å². The first-order valence-corrected chi connectivity index (χ1v) is 8.50. The number of rotatable bonds is 5. The number of hydrogen-bond acceptors (Lipinski definition) is 4. The fraction of sp³-hybridized carbons (Fsp3) is 1.00. The van der Waals surface area contributed by atoms with E-state index in [1.54, 1.807) is 0 Å². The summed E-state index contributed by atoms with van der Waals surface area (Å²) >= 11 is 0. The Balaban J connectivity index is 1.90. The maximum absolute atomic E-state index is 5.84. The summed E-state index contributed by atoms with van der Waals surface area (Å²) in [5, 5.41) is 3.71. The average molecular weight is 298 g/mol. The van der Waals surface area contributed by atoms with Gasteiger partial charge in [0.15, 0.2) is 0 Å². The lowest BCUT2D eigenvalue weighted by Crippen LogP contribution is -2.53. The summed E-state index contributed by atoms with van der Waals surface area (Å²) in [5.41, 5.74) is 0.457. The molecular formula is C17H34N2O2. The summed E-state index contributed by atoms with van der Waals surface area (Å²) in [6.45, 7) is 13.1. The smallest absolute Gasteiger partial charge is 0.0595 e. The van der Waals surface area contributed by atoms with Gasteiger partial charge >= 0.3 is 0 Å². The van der Waals surface area contributed by atoms with Crippen molar-refractivity contribution in [2.24, 2.45) is 5.41 Å². The van der Waals surface area contributed by atoms with E-state index in [-0.39, 0.29) is 11.0 Å². The third-order valence-electron chi connectivity index (χ3n) is 4.82. The standard InChI is InChI=1S/C17H34N2O2/c1-16(2,3)18-12-17(8-5-11-21-14-17)13-19-9-6-15(20-4)7-10-19/h15,18H,5-14H2,1-4H3. The maximum atomic E-state index is 5.84. The van der Waals surface area contributed by atoms with Gasteiger partial charge in [0.05, 0.1) is 12.7 Å². The van der Waals surface area contributed by atoms with E-state index in [2.05, 4.69) is 31.0 Å². The highest BCUT2D eigenvalue weighted by Gasteiger charge is 2.36. The fourth-order valence-electron chi connectivity index (χ4n) is 3.46. The van der Waals surface area contributed by atoms with Gasteiger partial charge in [-0.2, -0.15) is 0 Å².